The minimum absolute atomic E-state index is 0.196. The zero-order valence-corrected chi connectivity index (χ0v) is 15.6. The number of rotatable bonds is 8. The van der Waals surface area contributed by atoms with Crippen molar-refractivity contribution in [1.29, 1.82) is 0 Å². The summed E-state index contributed by atoms with van der Waals surface area (Å²) < 4.78 is 31.6. The molecule has 0 saturated carbocycles. The summed E-state index contributed by atoms with van der Waals surface area (Å²) >= 11 is 0. The number of hydrogen-bond donors (Lipinski definition) is 1. The van der Waals surface area contributed by atoms with Crippen molar-refractivity contribution in [3.63, 3.8) is 0 Å². The molecular formula is C19H22N2O4S. The van der Waals surface area contributed by atoms with Crippen LogP contribution in [0.1, 0.15) is 15.9 Å². The average Bonchev–Trinajstić information content (AvgIpc) is 2.66. The van der Waals surface area contributed by atoms with Crippen LogP contribution in [-0.2, 0) is 16.6 Å². The second-order valence-corrected chi connectivity index (χ2v) is 7.68. The monoisotopic (exact) mass is 374 g/mol. The van der Waals surface area contributed by atoms with Gasteiger partial charge >= 0.3 is 0 Å². The van der Waals surface area contributed by atoms with Gasteiger partial charge in [-0.3, -0.25) is 4.79 Å². The standard InChI is InChI=1S/C19H22N2O4S/c1-4-13-20-19(22)16-7-5-15(6-8-16)14-21(2)26(23,24)18-11-9-17(25-3)10-12-18/h4-12H,1,13-14H2,2-3H3,(H,20,22). The maximum Gasteiger partial charge on any atom is 0.251 e. The second kappa shape index (κ2) is 8.64. The molecule has 0 atom stereocenters. The van der Waals surface area contributed by atoms with E-state index in [1.807, 2.05) is 0 Å². The summed E-state index contributed by atoms with van der Waals surface area (Å²) in [6.07, 6.45) is 1.60. The number of carbonyl (C=O) groups is 1. The van der Waals surface area contributed by atoms with Crippen LogP contribution in [0.3, 0.4) is 0 Å². The van der Waals surface area contributed by atoms with E-state index in [2.05, 4.69) is 11.9 Å². The van der Waals surface area contributed by atoms with E-state index in [-0.39, 0.29) is 17.3 Å². The maximum atomic E-state index is 12.6. The summed E-state index contributed by atoms with van der Waals surface area (Å²) in [7, 11) is -0.570. The van der Waals surface area contributed by atoms with Crippen molar-refractivity contribution >= 4 is 15.9 Å². The highest BCUT2D eigenvalue weighted by Gasteiger charge is 2.21. The third kappa shape index (κ3) is 4.71. The first-order valence-corrected chi connectivity index (χ1v) is 9.41. The van der Waals surface area contributed by atoms with Crippen LogP contribution in [0, 0.1) is 0 Å². The van der Waals surface area contributed by atoms with Crippen molar-refractivity contribution in [1.82, 2.24) is 9.62 Å². The van der Waals surface area contributed by atoms with Crippen LogP contribution in [0.25, 0.3) is 0 Å². The highest BCUT2D eigenvalue weighted by molar-refractivity contribution is 7.89. The van der Waals surface area contributed by atoms with E-state index in [4.69, 9.17) is 4.74 Å². The molecule has 0 aliphatic carbocycles. The van der Waals surface area contributed by atoms with Gasteiger partial charge in [0.15, 0.2) is 0 Å². The zero-order chi connectivity index (χ0) is 19.2. The van der Waals surface area contributed by atoms with E-state index >= 15 is 0 Å². The molecule has 7 heteroatoms. The number of methoxy groups -OCH3 is 1. The van der Waals surface area contributed by atoms with Gasteiger partial charge in [-0.2, -0.15) is 4.31 Å². The first-order valence-electron chi connectivity index (χ1n) is 7.97. The number of benzene rings is 2. The van der Waals surface area contributed by atoms with E-state index in [0.29, 0.717) is 17.9 Å². The van der Waals surface area contributed by atoms with Crippen LogP contribution in [0.15, 0.2) is 66.1 Å². The minimum Gasteiger partial charge on any atom is -0.497 e. The molecule has 0 aliphatic heterocycles. The topological polar surface area (TPSA) is 75.7 Å². The lowest BCUT2D eigenvalue weighted by molar-refractivity contribution is 0.0958. The Labute approximate surface area is 154 Å². The average molecular weight is 374 g/mol. The van der Waals surface area contributed by atoms with Crippen molar-refractivity contribution in [3.8, 4) is 5.75 Å². The van der Waals surface area contributed by atoms with Crippen LogP contribution in [-0.4, -0.2) is 39.3 Å². The summed E-state index contributed by atoms with van der Waals surface area (Å²) in [4.78, 5) is 12.1. The van der Waals surface area contributed by atoms with Gasteiger partial charge in [0.25, 0.3) is 5.91 Å². The molecule has 0 aliphatic rings. The molecule has 0 heterocycles. The molecule has 1 amide bonds. The van der Waals surface area contributed by atoms with E-state index in [1.165, 1.54) is 30.6 Å². The Morgan fingerprint density at radius 1 is 1.15 bits per heavy atom. The molecule has 0 aromatic heterocycles. The van der Waals surface area contributed by atoms with Gasteiger partial charge in [0.2, 0.25) is 10.0 Å². The molecule has 26 heavy (non-hydrogen) atoms. The Morgan fingerprint density at radius 2 is 1.77 bits per heavy atom. The van der Waals surface area contributed by atoms with Crippen molar-refractivity contribution < 1.29 is 17.9 Å². The van der Waals surface area contributed by atoms with Crippen LogP contribution < -0.4 is 10.1 Å². The normalized spacial score (nSPS) is 11.2. The number of hydrogen-bond acceptors (Lipinski definition) is 4. The summed E-state index contributed by atoms with van der Waals surface area (Å²) in [5, 5.41) is 2.69. The maximum absolute atomic E-state index is 12.6. The fraction of sp³-hybridized carbons (Fsp3) is 0.211. The molecule has 6 nitrogen and oxygen atoms in total. The van der Waals surface area contributed by atoms with Crippen LogP contribution in [0.4, 0.5) is 0 Å². The molecule has 1 N–H and O–H groups in total. The fourth-order valence-corrected chi connectivity index (χ4v) is 3.46. The van der Waals surface area contributed by atoms with E-state index in [0.717, 1.165) is 5.56 Å². The van der Waals surface area contributed by atoms with Crippen LogP contribution >= 0.6 is 0 Å². The number of ether oxygens (including phenoxy) is 1. The highest BCUT2D eigenvalue weighted by Crippen LogP contribution is 2.20. The lowest BCUT2D eigenvalue weighted by Crippen LogP contribution is -2.26. The summed E-state index contributed by atoms with van der Waals surface area (Å²) in [6, 6.07) is 13.1. The Bertz CT molecular complexity index is 859. The van der Waals surface area contributed by atoms with Gasteiger partial charge in [0.1, 0.15) is 5.75 Å². The molecule has 0 bridgehead atoms. The van der Waals surface area contributed by atoms with Gasteiger partial charge in [-0.1, -0.05) is 18.2 Å². The number of nitrogens with one attached hydrogen (secondary N) is 1. The van der Waals surface area contributed by atoms with Gasteiger partial charge in [0, 0.05) is 25.7 Å². The van der Waals surface area contributed by atoms with Crippen molar-refractivity contribution in [2.75, 3.05) is 20.7 Å². The molecule has 2 aromatic carbocycles. The third-order valence-corrected chi connectivity index (χ3v) is 5.61. The lowest BCUT2D eigenvalue weighted by atomic mass is 10.1. The van der Waals surface area contributed by atoms with Crippen molar-refractivity contribution in [3.05, 3.63) is 72.3 Å². The summed E-state index contributed by atoms with van der Waals surface area (Å²) in [5.41, 5.74) is 1.29. The van der Waals surface area contributed by atoms with Gasteiger partial charge in [-0.25, -0.2) is 8.42 Å². The Hall–Kier alpha value is -2.64. The molecular weight excluding hydrogens is 352 g/mol. The Kier molecular flexibility index (Phi) is 6.54. The van der Waals surface area contributed by atoms with Gasteiger partial charge in [-0.05, 0) is 42.0 Å². The third-order valence-electron chi connectivity index (χ3n) is 3.80. The zero-order valence-electron chi connectivity index (χ0n) is 14.8. The molecule has 2 aromatic rings. The number of amides is 1. The van der Waals surface area contributed by atoms with E-state index in [1.54, 1.807) is 42.5 Å². The van der Waals surface area contributed by atoms with E-state index < -0.39 is 10.0 Å². The highest BCUT2D eigenvalue weighted by atomic mass is 32.2. The van der Waals surface area contributed by atoms with Gasteiger partial charge in [-0.15, -0.1) is 6.58 Å². The minimum atomic E-state index is -3.61. The Balaban J connectivity index is 2.09. The van der Waals surface area contributed by atoms with Crippen molar-refractivity contribution in [2.45, 2.75) is 11.4 Å². The first kappa shape index (κ1) is 19.7. The van der Waals surface area contributed by atoms with Gasteiger partial charge in [0.05, 0.1) is 12.0 Å². The van der Waals surface area contributed by atoms with Crippen LogP contribution in [0.5, 0.6) is 5.75 Å². The molecule has 2 rings (SSSR count). The number of carbonyl (C=O) groups excluding carboxylic acids is 1. The van der Waals surface area contributed by atoms with E-state index in [9.17, 15) is 13.2 Å². The fourth-order valence-electron chi connectivity index (χ4n) is 2.30. The summed E-state index contributed by atoms with van der Waals surface area (Å²) in [5.74, 6) is 0.396. The molecule has 0 spiro atoms. The SMILES string of the molecule is C=CCNC(=O)c1ccc(CN(C)S(=O)(=O)c2ccc(OC)cc2)cc1. The predicted molar refractivity (Wildman–Crippen MR) is 101 cm³/mol. The molecule has 138 valence electrons. The predicted octanol–water partition coefficient (Wildman–Crippen LogP) is 2.43. The quantitative estimate of drug-likeness (QED) is 0.720. The van der Waals surface area contributed by atoms with Crippen LogP contribution in [0.2, 0.25) is 0 Å². The molecule has 0 fully saturated rings. The lowest BCUT2D eigenvalue weighted by Gasteiger charge is -2.17. The molecule has 0 radical (unpaired) electrons. The van der Waals surface area contributed by atoms with Crippen molar-refractivity contribution in [2.24, 2.45) is 0 Å². The Morgan fingerprint density at radius 3 is 2.31 bits per heavy atom. The first-order chi connectivity index (χ1) is 12.4. The smallest absolute Gasteiger partial charge is 0.251 e. The number of sulfonamides is 1. The molecule has 0 saturated heterocycles. The second-order valence-electron chi connectivity index (χ2n) is 5.63. The number of nitrogens with zero attached hydrogens (tertiary/aromatic N) is 1. The molecule has 0 unspecified atom stereocenters. The summed E-state index contributed by atoms with van der Waals surface area (Å²) in [6.45, 7) is 4.14. The van der Waals surface area contributed by atoms with Gasteiger partial charge < -0.3 is 10.1 Å². The largest absolute Gasteiger partial charge is 0.497 e.